The highest BCUT2D eigenvalue weighted by molar-refractivity contribution is 7.47. The van der Waals surface area contributed by atoms with Crippen molar-refractivity contribution in [1.29, 1.82) is 0 Å². The van der Waals surface area contributed by atoms with E-state index >= 15 is 0 Å². The number of carbonyl (C=O) groups excluding carboxylic acids is 2. The van der Waals surface area contributed by atoms with Crippen LogP contribution >= 0.6 is 7.82 Å². The van der Waals surface area contributed by atoms with Gasteiger partial charge in [-0.05, 0) is 77.0 Å². The maximum absolute atomic E-state index is 12.6. The molecule has 0 aliphatic heterocycles. The fourth-order valence-electron chi connectivity index (χ4n) is 5.83. The first-order valence-electron chi connectivity index (χ1n) is 23.2. The molecule has 0 aromatic heterocycles. The van der Waals surface area contributed by atoms with Crippen LogP contribution in [0.4, 0.5) is 0 Å². The summed E-state index contributed by atoms with van der Waals surface area (Å²) >= 11 is 0. The summed E-state index contributed by atoms with van der Waals surface area (Å²) in [5, 5.41) is 0. The molecule has 0 amide bonds. The van der Waals surface area contributed by atoms with Gasteiger partial charge in [-0.2, -0.15) is 0 Å². The van der Waals surface area contributed by atoms with Crippen molar-refractivity contribution >= 4 is 19.8 Å². The molecule has 10 heteroatoms. The molecule has 0 spiro atoms. The number of nitrogens with two attached hydrogens (primary N) is 1. The Labute approximate surface area is 366 Å². The number of rotatable bonds is 42. The summed E-state index contributed by atoms with van der Waals surface area (Å²) in [7, 11) is -4.38. The van der Waals surface area contributed by atoms with Crippen molar-refractivity contribution in [3.8, 4) is 0 Å². The van der Waals surface area contributed by atoms with E-state index in [0.717, 1.165) is 109 Å². The number of hydrogen-bond donors (Lipinski definition) is 2. The highest BCUT2D eigenvalue weighted by Crippen LogP contribution is 2.43. The zero-order valence-electron chi connectivity index (χ0n) is 37.7. The van der Waals surface area contributed by atoms with Crippen LogP contribution in [0, 0.1) is 0 Å². The Morgan fingerprint density at radius 3 is 1.37 bits per heavy atom. The standard InChI is InChI=1S/C50H84NO8P/c1-3-5-7-9-11-13-14-15-16-17-18-19-20-21-22-23-24-25-26-27-28-29-30-31-32-33-34-35-37-39-41-43-50(53)59-48(47-58-60(54,55)57-45-44-51)46-56-49(52)42-40-38-36-12-10-8-6-4-2/h5,7,11,13,15-16,18-19,21-22,24-25,27-28,30-31,48H,3-4,6,8-10,12,14,17,20,23,26,29,32-47,51H2,1-2H3,(H,54,55)/b7-5-,13-11-,16-15-,19-18-,22-21-,25-24-,28-27-,31-30-. The number of esters is 2. The third-order valence-electron chi connectivity index (χ3n) is 9.23. The maximum Gasteiger partial charge on any atom is 0.472 e. The van der Waals surface area contributed by atoms with Gasteiger partial charge in [0.05, 0.1) is 13.2 Å². The molecular weight excluding hydrogens is 774 g/mol. The Kier molecular flexibility index (Phi) is 43.1. The van der Waals surface area contributed by atoms with Gasteiger partial charge in [-0.1, -0.05) is 182 Å². The fourth-order valence-corrected chi connectivity index (χ4v) is 6.59. The molecule has 0 heterocycles. The van der Waals surface area contributed by atoms with Gasteiger partial charge in [0.2, 0.25) is 0 Å². The zero-order chi connectivity index (χ0) is 43.9. The van der Waals surface area contributed by atoms with E-state index in [2.05, 4.69) is 111 Å². The van der Waals surface area contributed by atoms with E-state index in [1.165, 1.54) is 32.1 Å². The van der Waals surface area contributed by atoms with Gasteiger partial charge in [0.1, 0.15) is 6.61 Å². The number of carbonyl (C=O) groups is 2. The SMILES string of the molecule is CC/C=C\C/C=C\C/C=C\C/C=C\C/C=C\C/C=C\C/C=C\C/C=C\CCCCCCCCC(=O)OC(COC(=O)CCCCCCCCCC)COP(=O)(O)OCCN. The van der Waals surface area contributed by atoms with Gasteiger partial charge in [0.25, 0.3) is 0 Å². The molecule has 0 aromatic carbocycles. The van der Waals surface area contributed by atoms with E-state index in [0.29, 0.717) is 6.42 Å². The first-order chi connectivity index (χ1) is 29.3. The van der Waals surface area contributed by atoms with Gasteiger partial charge >= 0.3 is 19.8 Å². The first-order valence-corrected chi connectivity index (χ1v) is 24.7. The highest BCUT2D eigenvalue weighted by atomic mass is 31.2. The number of unbranched alkanes of at least 4 members (excludes halogenated alkanes) is 13. The summed E-state index contributed by atoms with van der Waals surface area (Å²) in [6.07, 6.45) is 58.9. The molecule has 0 saturated carbocycles. The van der Waals surface area contributed by atoms with Gasteiger partial charge in [-0.15, -0.1) is 0 Å². The van der Waals surface area contributed by atoms with Gasteiger partial charge in [-0.3, -0.25) is 18.6 Å². The van der Waals surface area contributed by atoms with E-state index in [-0.39, 0.29) is 32.6 Å². The third-order valence-corrected chi connectivity index (χ3v) is 10.2. The van der Waals surface area contributed by atoms with Crippen LogP contribution < -0.4 is 5.73 Å². The summed E-state index contributed by atoms with van der Waals surface area (Å²) in [6.45, 7) is 3.54. The third kappa shape index (κ3) is 44.5. The molecule has 342 valence electrons. The Hall–Kier alpha value is -3.07. The van der Waals surface area contributed by atoms with Crippen molar-refractivity contribution in [3.05, 3.63) is 97.2 Å². The van der Waals surface area contributed by atoms with E-state index in [1.54, 1.807) is 0 Å². The zero-order valence-corrected chi connectivity index (χ0v) is 38.5. The second-order valence-corrected chi connectivity index (χ2v) is 16.3. The van der Waals surface area contributed by atoms with Crippen LogP contribution in [0.5, 0.6) is 0 Å². The lowest BCUT2D eigenvalue weighted by molar-refractivity contribution is -0.161. The minimum absolute atomic E-state index is 0.0465. The lowest BCUT2D eigenvalue weighted by Gasteiger charge is -2.19. The number of ether oxygens (including phenoxy) is 2. The van der Waals surface area contributed by atoms with Crippen LogP contribution in [0.25, 0.3) is 0 Å². The number of phosphoric ester groups is 1. The van der Waals surface area contributed by atoms with Crippen molar-refractivity contribution < 1.29 is 37.6 Å². The Morgan fingerprint density at radius 1 is 0.517 bits per heavy atom. The van der Waals surface area contributed by atoms with Crippen molar-refractivity contribution in [3.63, 3.8) is 0 Å². The molecule has 0 aromatic rings. The van der Waals surface area contributed by atoms with Crippen molar-refractivity contribution in [2.45, 2.75) is 180 Å². The largest absolute Gasteiger partial charge is 0.472 e. The summed E-state index contributed by atoms with van der Waals surface area (Å²) in [4.78, 5) is 34.7. The van der Waals surface area contributed by atoms with Crippen molar-refractivity contribution in [1.82, 2.24) is 0 Å². The minimum Gasteiger partial charge on any atom is -0.462 e. The molecule has 0 aliphatic rings. The lowest BCUT2D eigenvalue weighted by atomic mass is 10.1. The molecule has 2 unspecified atom stereocenters. The Bertz CT molecular complexity index is 1300. The van der Waals surface area contributed by atoms with Crippen LogP contribution in [-0.4, -0.2) is 49.3 Å². The highest BCUT2D eigenvalue weighted by Gasteiger charge is 2.26. The Morgan fingerprint density at radius 2 is 0.917 bits per heavy atom. The molecule has 0 saturated heterocycles. The summed E-state index contributed by atoms with van der Waals surface area (Å²) in [5.41, 5.74) is 5.34. The predicted molar refractivity (Wildman–Crippen MR) is 252 cm³/mol. The summed E-state index contributed by atoms with van der Waals surface area (Å²) < 4.78 is 32.7. The number of hydrogen-bond acceptors (Lipinski definition) is 8. The normalized spacial score (nSPS) is 14.1. The van der Waals surface area contributed by atoms with Crippen molar-refractivity contribution in [2.24, 2.45) is 5.73 Å². The average molecular weight is 858 g/mol. The lowest BCUT2D eigenvalue weighted by Crippen LogP contribution is -2.29. The molecule has 2 atom stereocenters. The topological polar surface area (TPSA) is 134 Å². The fraction of sp³-hybridized carbons (Fsp3) is 0.640. The molecule has 3 N–H and O–H groups in total. The van der Waals surface area contributed by atoms with Crippen LogP contribution in [0.3, 0.4) is 0 Å². The van der Waals surface area contributed by atoms with Gasteiger partial charge in [0, 0.05) is 19.4 Å². The Balaban J connectivity index is 4.05. The second kappa shape index (κ2) is 45.5. The van der Waals surface area contributed by atoms with Crippen LogP contribution in [-0.2, 0) is 32.7 Å². The molecule has 9 nitrogen and oxygen atoms in total. The number of phosphoric acid groups is 1. The first kappa shape index (κ1) is 56.9. The molecule has 0 aliphatic carbocycles. The summed E-state index contributed by atoms with van der Waals surface area (Å²) in [5.74, 6) is -0.858. The molecule has 0 radical (unpaired) electrons. The smallest absolute Gasteiger partial charge is 0.462 e. The van der Waals surface area contributed by atoms with E-state index in [4.69, 9.17) is 24.3 Å². The van der Waals surface area contributed by atoms with Gasteiger partial charge in [0.15, 0.2) is 6.10 Å². The van der Waals surface area contributed by atoms with E-state index in [1.807, 2.05) is 0 Å². The quantitative estimate of drug-likeness (QED) is 0.0266. The van der Waals surface area contributed by atoms with Crippen LogP contribution in [0.2, 0.25) is 0 Å². The molecular formula is C50H84NO8P. The number of allylic oxidation sites excluding steroid dienone is 16. The van der Waals surface area contributed by atoms with E-state index in [9.17, 15) is 19.0 Å². The molecule has 60 heavy (non-hydrogen) atoms. The maximum atomic E-state index is 12.6. The van der Waals surface area contributed by atoms with Gasteiger partial charge < -0.3 is 20.1 Å². The van der Waals surface area contributed by atoms with Crippen molar-refractivity contribution in [2.75, 3.05) is 26.4 Å². The molecule has 0 rings (SSSR count). The van der Waals surface area contributed by atoms with E-state index < -0.39 is 32.5 Å². The average Bonchev–Trinajstić information content (AvgIpc) is 3.24. The minimum atomic E-state index is -4.38. The summed E-state index contributed by atoms with van der Waals surface area (Å²) in [6, 6.07) is 0. The van der Waals surface area contributed by atoms with Gasteiger partial charge in [-0.25, -0.2) is 4.57 Å². The molecule has 0 fully saturated rings. The second-order valence-electron chi connectivity index (χ2n) is 14.9. The predicted octanol–water partition coefficient (Wildman–Crippen LogP) is 13.8. The van der Waals surface area contributed by atoms with Crippen LogP contribution in [0.1, 0.15) is 174 Å². The molecule has 0 bridgehead atoms. The monoisotopic (exact) mass is 858 g/mol. The van der Waals surface area contributed by atoms with Crippen LogP contribution in [0.15, 0.2) is 97.2 Å².